The van der Waals surface area contributed by atoms with Crippen LogP contribution in [0.2, 0.25) is 0 Å². The minimum absolute atomic E-state index is 0.0209. The van der Waals surface area contributed by atoms with Gasteiger partial charge in [-0.25, -0.2) is 0 Å². The van der Waals surface area contributed by atoms with E-state index >= 15 is 0 Å². The van der Waals surface area contributed by atoms with Crippen molar-refractivity contribution < 1.29 is 19.1 Å². The highest BCUT2D eigenvalue weighted by Crippen LogP contribution is 2.27. The molecule has 1 aliphatic rings. The average Bonchev–Trinajstić information content (AvgIpc) is 3.02. The molecule has 0 saturated carbocycles. The molecule has 136 valence electrons. The van der Waals surface area contributed by atoms with Crippen molar-refractivity contribution in [2.24, 2.45) is 0 Å². The highest BCUT2D eigenvalue weighted by Gasteiger charge is 2.31. The molecule has 1 aliphatic heterocycles. The molecule has 2 aromatic carbocycles. The van der Waals surface area contributed by atoms with Gasteiger partial charge < -0.3 is 19.7 Å². The third-order valence-corrected chi connectivity index (χ3v) is 4.37. The lowest BCUT2D eigenvalue weighted by Gasteiger charge is -2.17. The second-order valence-electron chi connectivity index (χ2n) is 6.17. The molecule has 1 atom stereocenters. The summed E-state index contributed by atoms with van der Waals surface area (Å²) in [6.07, 6.45) is 0.531. The number of methoxy groups -OCH3 is 2. The molecular formula is C20H22N2O4. The Bertz CT molecular complexity index is 792. The van der Waals surface area contributed by atoms with Crippen molar-refractivity contribution in [2.45, 2.75) is 18.9 Å². The maximum Gasteiger partial charge on any atom is 0.229 e. The quantitative estimate of drug-likeness (QED) is 0.863. The van der Waals surface area contributed by atoms with Gasteiger partial charge in [0.2, 0.25) is 11.8 Å². The number of amides is 2. The molecule has 6 heteroatoms. The Balaban J connectivity index is 1.60. The van der Waals surface area contributed by atoms with Gasteiger partial charge in [0.25, 0.3) is 0 Å². The molecule has 3 rings (SSSR count). The summed E-state index contributed by atoms with van der Waals surface area (Å²) >= 11 is 0. The number of nitrogens with zero attached hydrogens (tertiary/aromatic N) is 1. The number of benzene rings is 2. The lowest BCUT2D eigenvalue weighted by Crippen LogP contribution is -2.38. The van der Waals surface area contributed by atoms with Crippen LogP contribution in [0.3, 0.4) is 0 Å². The van der Waals surface area contributed by atoms with Crippen LogP contribution in [0.25, 0.3) is 0 Å². The number of anilines is 1. The van der Waals surface area contributed by atoms with E-state index in [1.807, 2.05) is 36.4 Å². The van der Waals surface area contributed by atoms with Crippen molar-refractivity contribution in [1.29, 1.82) is 0 Å². The lowest BCUT2D eigenvalue weighted by atomic mass is 10.1. The van der Waals surface area contributed by atoms with E-state index in [2.05, 4.69) is 5.32 Å². The van der Waals surface area contributed by atoms with Crippen molar-refractivity contribution in [3.05, 3.63) is 54.1 Å². The first-order chi connectivity index (χ1) is 12.6. The standard InChI is InChI=1S/C20H22N2O4/c1-25-17-9-8-14(10-18(17)26-2)11-19(23)21-15-12-20(24)22(13-15)16-6-4-3-5-7-16/h3-10,15H,11-13H2,1-2H3,(H,21,23)/t15-/m0/s1. The predicted molar refractivity (Wildman–Crippen MR) is 98.6 cm³/mol. The Morgan fingerprint density at radius 2 is 1.85 bits per heavy atom. The van der Waals surface area contributed by atoms with Crippen LogP contribution in [-0.2, 0) is 16.0 Å². The molecule has 2 amide bonds. The van der Waals surface area contributed by atoms with Gasteiger partial charge in [-0.15, -0.1) is 0 Å². The van der Waals surface area contributed by atoms with Crippen LogP contribution in [-0.4, -0.2) is 38.6 Å². The Labute approximate surface area is 152 Å². The summed E-state index contributed by atoms with van der Waals surface area (Å²) in [6.45, 7) is 0.487. The molecule has 0 unspecified atom stereocenters. The number of hydrogen-bond donors (Lipinski definition) is 1. The number of nitrogens with one attached hydrogen (secondary N) is 1. The van der Waals surface area contributed by atoms with Crippen LogP contribution in [0.4, 0.5) is 5.69 Å². The predicted octanol–water partition coefficient (Wildman–Crippen LogP) is 2.17. The molecule has 0 spiro atoms. The zero-order chi connectivity index (χ0) is 18.5. The molecule has 0 bridgehead atoms. The molecule has 0 aromatic heterocycles. The topological polar surface area (TPSA) is 67.9 Å². The highest BCUT2D eigenvalue weighted by molar-refractivity contribution is 5.96. The Kier molecular flexibility index (Phi) is 5.41. The van der Waals surface area contributed by atoms with Crippen molar-refractivity contribution in [2.75, 3.05) is 25.7 Å². The zero-order valence-electron chi connectivity index (χ0n) is 14.9. The molecule has 0 aliphatic carbocycles. The van der Waals surface area contributed by atoms with Crippen molar-refractivity contribution in [1.82, 2.24) is 5.32 Å². The average molecular weight is 354 g/mol. The van der Waals surface area contributed by atoms with Gasteiger partial charge in [0, 0.05) is 18.7 Å². The fraction of sp³-hybridized carbons (Fsp3) is 0.300. The van der Waals surface area contributed by atoms with E-state index in [0.29, 0.717) is 24.5 Å². The van der Waals surface area contributed by atoms with Gasteiger partial charge in [0.1, 0.15) is 0 Å². The van der Waals surface area contributed by atoms with Gasteiger partial charge in [-0.2, -0.15) is 0 Å². The molecule has 0 radical (unpaired) electrons. The summed E-state index contributed by atoms with van der Waals surface area (Å²) in [4.78, 5) is 26.3. The van der Waals surface area contributed by atoms with Crippen LogP contribution in [0.1, 0.15) is 12.0 Å². The second kappa shape index (κ2) is 7.91. The third-order valence-electron chi connectivity index (χ3n) is 4.37. The number of rotatable bonds is 6. The van der Waals surface area contributed by atoms with E-state index in [9.17, 15) is 9.59 Å². The SMILES string of the molecule is COc1ccc(CC(=O)N[C@H]2CC(=O)N(c3ccccc3)C2)cc1OC. The zero-order valence-corrected chi connectivity index (χ0v) is 14.9. The minimum Gasteiger partial charge on any atom is -0.493 e. The normalized spacial score (nSPS) is 16.5. The molecule has 1 N–H and O–H groups in total. The molecule has 1 fully saturated rings. The van der Waals surface area contributed by atoms with E-state index in [-0.39, 0.29) is 24.3 Å². The smallest absolute Gasteiger partial charge is 0.229 e. The van der Waals surface area contributed by atoms with E-state index in [1.54, 1.807) is 31.3 Å². The van der Waals surface area contributed by atoms with Crippen molar-refractivity contribution >= 4 is 17.5 Å². The van der Waals surface area contributed by atoms with E-state index in [0.717, 1.165) is 11.3 Å². The van der Waals surface area contributed by atoms with Crippen LogP contribution < -0.4 is 19.7 Å². The lowest BCUT2D eigenvalue weighted by molar-refractivity contribution is -0.121. The second-order valence-corrected chi connectivity index (χ2v) is 6.17. The number of carbonyl (C=O) groups excluding carboxylic acids is 2. The van der Waals surface area contributed by atoms with Gasteiger partial charge in [-0.1, -0.05) is 24.3 Å². The Hall–Kier alpha value is -3.02. The first-order valence-electron chi connectivity index (χ1n) is 8.46. The van der Waals surface area contributed by atoms with Crippen LogP contribution in [0, 0.1) is 0 Å². The number of para-hydroxylation sites is 1. The summed E-state index contributed by atoms with van der Waals surface area (Å²) < 4.78 is 10.5. The highest BCUT2D eigenvalue weighted by atomic mass is 16.5. The summed E-state index contributed by atoms with van der Waals surface area (Å²) in [7, 11) is 3.13. The van der Waals surface area contributed by atoms with Crippen LogP contribution in [0.5, 0.6) is 11.5 Å². The first kappa shape index (κ1) is 17.8. The van der Waals surface area contributed by atoms with E-state index in [1.165, 1.54) is 0 Å². The maximum absolute atomic E-state index is 12.4. The molecule has 1 saturated heterocycles. The summed E-state index contributed by atoms with van der Waals surface area (Å²) in [6, 6.07) is 14.7. The van der Waals surface area contributed by atoms with Crippen LogP contribution in [0.15, 0.2) is 48.5 Å². The molecule has 6 nitrogen and oxygen atoms in total. The summed E-state index contributed by atoms with van der Waals surface area (Å²) in [5.74, 6) is 1.11. The third kappa shape index (κ3) is 3.96. The summed E-state index contributed by atoms with van der Waals surface area (Å²) in [5.41, 5.74) is 1.68. The van der Waals surface area contributed by atoms with Gasteiger partial charge >= 0.3 is 0 Å². The van der Waals surface area contributed by atoms with Gasteiger partial charge in [0.15, 0.2) is 11.5 Å². The fourth-order valence-corrected chi connectivity index (χ4v) is 3.12. The summed E-state index contributed by atoms with van der Waals surface area (Å²) in [5, 5.41) is 2.95. The maximum atomic E-state index is 12.4. The Morgan fingerprint density at radius 1 is 1.12 bits per heavy atom. The monoisotopic (exact) mass is 354 g/mol. The molecular weight excluding hydrogens is 332 g/mol. The largest absolute Gasteiger partial charge is 0.493 e. The van der Waals surface area contributed by atoms with E-state index < -0.39 is 0 Å². The molecule has 2 aromatic rings. The van der Waals surface area contributed by atoms with Gasteiger partial charge in [0.05, 0.1) is 26.7 Å². The molecule has 26 heavy (non-hydrogen) atoms. The Morgan fingerprint density at radius 3 is 2.54 bits per heavy atom. The van der Waals surface area contributed by atoms with Crippen molar-refractivity contribution in [3.8, 4) is 11.5 Å². The molecule has 1 heterocycles. The minimum atomic E-state index is -0.185. The van der Waals surface area contributed by atoms with Crippen LogP contribution >= 0.6 is 0 Å². The van der Waals surface area contributed by atoms with Gasteiger partial charge in [-0.3, -0.25) is 9.59 Å². The first-order valence-corrected chi connectivity index (χ1v) is 8.46. The van der Waals surface area contributed by atoms with Crippen molar-refractivity contribution in [3.63, 3.8) is 0 Å². The fourth-order valence-electron chi connectivity index (χ4n) is 3.12. The number of carbonyl (C=O) groups is 2. The number of hydrogen-bond acceptors (Lipinski definition) is 4. The number of ether oxygens (including phenoxy) is 2. The van der Waals surface area contributed by atoms with Gasteiger partial charge in [-0.05, 0) is 29.8 Å². The van der Waals surface area contributed by atoms with E-state index in [4.69, 9.17) is 9.47 Å².